The fourth-order valence-electron chi connectivity index (χ4n) is 3.54. The van der Waals surface area contributed by atoms with Gasteiger partial charge in [-0.25, -0.2) is 9.78 Å². The van der Waals surface area contributed by atoms with Crippen LogP contribution in [-0.2, 0) is 11.3 Å². The number of carbonyl (C=O) groups excluding carboxylic acids is 1. The number of hydrogen-bond donors (Lipinski definition) is 0. The van der Waals surface area contributed by atoms with Crippen molar-refractivity contribution in [2.45, 2.75) is 20.4 Å². The van der Waals surface area contributed by atoms with Crippen LogP contribution in [-0.4, -0.2) is 22.6 Å². The van der Waals surface area contributed by atoms with Gasteiger partial charge >= 0.3 is 5.97 Å². The van der Waals surface area contributed by atoms with E-state index in [1.807, 2.05) is 47.0 Å². The summed E-state index contributed by atoms with van der Waals surface area (Å²) in [6.45, 7) is 4.64. The molecule has 1 aromatic heterocycles. The highest BCUT2D eigenvalue weighted by molar-refractivity contribution is 5.90. The molecule has 0 N–H and O–H groups in total. The summed E-state index contributed by atoms with van der Waals surface area (Å²) >= 11 is 0. The zero-order valence-corrected chi connectivity index (χ0v) is 17.4. The predicted molar refractivity (Wildman–Crippen MR) is 119 cm³/mol. The molecule has 0 amide bonds. The van der Waals surface area contributed by atoms with E-state index in [2.05, 4.69) is 50.2 Å². The van der Waals surface area contributed by atoms with Crippen LogP contribution >= 0.6 is 0 Å². The topological polar surface area (TPSA) is 44.1 Å². The highest BCUT2D eigenvalue weighted by atomic mass is 16.5. The summed E-state index contributed by atoms with van der Waals surface area (Å²) in [6, 6.07) is 26.6. The van der Waals surface area contributed by atoms with Crippen LogP contribution in [0, 0.1) is 13.8 Å². The molecule has 0 saturated carbocycles. The van der Waals surface area contributed by atoms with E-state index in [1.54, 1.807) is 0 Å². The number of esters is 1. The maximum atomic E-state index is 12.7. The molecule has 0 radical (unpaired) electrons. The monoisotopic (exact) mass is 396 g/mol. The lowest BCUT2D eigenvalue weighted by Gasteiger charge is -2.13. The van der Waals surface area contributed by atoms with Crippen molar-refractivity contribution in [3.05, 3.63) is 101 Å². The lowest BCUT2D eigenvalue weighted by molar-refractivity contribution is 0.0582. The molecule has 0 spiro atoms. The van der Waals surface area contributed by atoms with E-state index in [4.69, 9.17) is 9.72 Å². The summed E-state index contributed by atoms with van der Waals surface area (Å²) in [5.41, 5.74) is 7.09. The van der Waals surface area contributed by atoms with E-state index in [1.165, 1.54) is 18.2 Å². The quantitative estimate of drug-likeness (QED) is 0.408. The van der Waals surface area contributed by atoms with E-state index in [9.17, 15) is 4.79 Å². The first-order valence-electron chi connectivity index (χ1n) is 9.93. The summed E-state index contributed by atoms with van der Waals surface area (Å²) in [7, 11) is 1.39. The molecule has 0 aliphatic rings. The smallest absolute Gasteiger partial charge is 0.374 e. The van der Waals surface area contributed by atoms with Crippen molar-refractivity contribution in [3.8, 4) is 22.5 Å². The van der Waals surface area contributed by atoms with Crippen molar-refractivity contribution in [2.24, 2.45) is 0 Å². The largest absolute Gasteiger partial charge is 0.463 e. The van der Waals surface area contributed by atoms with Gasteiger partial charge in [0.25, 0.3) is 0 Å². The lowest BCUT2D eigenvalue weighted by atomic mass is 10.0. The number of rotatable bonds is 5. The molecule has 0 atom stereocenters. The van der Waals surface area contributed by atoms with Crippen molar-refractivity contribution < 1.29 is 9.53 Å². The van der Waals surface area contributed by atoms with Crippen molar-refractivity contribution in [1.82, 2.24) is 9.55 Å². The van der Waals surface area contributed by atoms with Gasteiger partial charge in [-0.2, -0.15) is 0 Å². The highest BCUT2D eigenvalue weighted by Gasteiger charge is 2.24. The SMILES string of the molecule is COC(=O)c1nc(-c2ccc(C)cc2)c(-c2ccc(C)cc2)n1Cc1ccccc1. The molecule has 150 valence electrons. The number of carbonyl (C=O) groups is 1. The fraction of sp³-hybridized carbons (Fsp3) is 0.154. The Balaban J connectivity index is 1.98. The van der Waals surface area contributed by atoms with Crippen LogP contribution in [0.5, 0.6) is 0 Å². The molecule has 1 heterocycles. The molecular formula is C26H24N2O2. The van der Waals surface area contributed by atoms with Gasteiger partial charge in [-0.05, 0) is 19.4 Å². The van der Waals surface area contributed by atoms with E-state index in [0.29, 0.717) is 12.4 Å². The Morgan fingerprint density at radius 3 is 1.97 bits per heavy atom. The van der Waals surface area contributed by atoms with Gasteiger partial charge in [0.1, 0.15) is 0 Å². The maximum Gasteiger partial charge on any atom is 0.374 e. The molecule has 0 unspecified atom stereocenters. The van der Waals surface area contributed by atoms with Crippen LogP contribution in [0.25, 0.3) is 22.5 Å². The average Bonchev–Trinajstić information content (AvgIpc) is 3.14. The van der Waals surface area contributed by atoms with E-state index in [0.717, 1.165) is 28.1 Å². The maximum absolute atomic E-state index is 12.7. The number of aryl methyl sites for hydroxylation is 2. The number of imidazole rings is 1. The second-order valence-corrected chi connectivity index (χ2v) is 7.43. The zero-order chi connectivity index (χ0) is 21.1. The summed E-state index contributed by atoms with van der Waals surface area (Å²) in [4.78, 5) is 17.4. The third-order valence-electron chi connectivity index (χ3n) is 5.17. The Morgan fingerprint density at radius 2 is 1.40 bits per heavy atom. The van der Waals surface area contributed by atoms with Gasteiger partial charge in [-0.3, -0.25) is 0 Å². The minimum absolute atomic E-state index is 0.299. The standard InChI is InChI=1S/C26H24N2O2/c1-18-9-13-21(14-10-18)23-24(22-15-11-19(2)12-16-22)28(25(27-23)26(29)30-3)17-20-7-5-4-6-8-20/h4-16H,17H2,1-3H3. The number of aromatic nitrogens is 2. The minimum atomic E-state index is -0.447. The molecule has 0 saturated heterocycles. The van der Waals surface area contributed by atoms with Crippen LogP contribution in [0.1, 0.15) is 27.3 Å². The molecule has 3 aromatic carbocycles. The normalized spacial score (nSPS) is 10.8. The van der Waals surface area contributed by atoms with E-state index in [-0.39, 0.29) is 0 Å². The average molecular weight is 396 g/mol. The Morgan fingerprint density at radius 1 is 0.833 bits per heavy atom. The number of hydrogen-bond acceptors (Lipinski definition) is 3. The van der Waals surface area contributed by atoms with Crippen molar-refractivity contribution in [2.75, 3.05) is 7.11 Å². The van der Waals surface area contributed by atoms with Crippen molar-refractivity contribution >= 4 is 5.97 Å². The summed E-state index contributed by atoms with van der Waals surface area (Å²) in [5.74, 6) is -0.148. The first-order chi connectivity index (χ1) is 14.6. The summed E-state index contributed by atoms with van der Waals surface area (Å²) in [5, 5.41) is 0. The van der Waals surface area contributed by atoms with Gasteiger partial charge in [-0.15, -0.1) is 0 Å². The van der Waals surface area contributed by atoms with Gasteiger partial charge in [0.05, 0.1) is 18.5 Å². The highest BCUT2D eigenvalue weighted by Crippen LogP contribution is 2.34. The number of benzene rings is 3. The third-order valence-corrected chi connectivity index (χ3v) is 5.17. The van der Waals surface area contributed by atoms with Gasteiger partial charge < -0.3 is 9.30 Å². The van der Waals surface area contributed by atoms with Crippen LogP contribution in [0.15, 0.2) is 78.9 Å². The van der Waals surface area contributed by atoms with Crippen LogP contribution in [0.2, 0.25) is 0 Å². The molecule has 4 heteroatoms. The molecule has 0 bridgehead atoms. The van der Waals surface area contributed by atoms with E-state index < -0.39 is 5.97 Å². The Hall–Kier alpha value is -3.66. The fourth-order valence-corrected chi connectivity index (χ4v) is 3.54. The Kier molecular flexibility index (Phi) is 5.48. The molecular weight excluding hydrogens is 372 g/mol. The molecule has 30 heavy (non-hydrogen) atoms. The minimum Gasteiger partial charge on any atom is -0.463 e. The third kappa shape index (κ3) is 3.90. The van der Waals surface area contributed by atoms with Crippen LogP contribution < -0.4 is 0 Å². The van der Waals surface area contributed by atoms with Gasteiger partial charge in [0, 0.05) is 17.7 Å². The Bertz CT molecular complexity index is 1160. The zero-order valence-electron chi connectivity index (χ0n) is 17.4. The molecule has 0 aliphatic heterocycles. The van der Waals surface area contributed by atoms with Crippen LogP contribution in [0.4, 0.5) is 0 Å². The Labute approximate surface area is 176 Å². The van der Waals surface area contributed by atoms with Gasteiger partial charge in [0.15, 0.2) is 0 Å². The summed E-state index contributed by atoms with van der Waals surface area (Å²) in [6.07, 6.45) is 0. The van der Waals surface area contributed by atoms with Crippen LogP contribution in [0.3, 0.4) is 0 Å². The van der Waals surface area contributed by atoms with Crippen molar-refractivity contribution in [1.29, 1.82) is 0 Å². The van der Waals surface area contributed by atoms with E-state index >= 15 is 0 Å². The molecule has 0 aliphatic carbocycles. The molecule has 4 rings (SSSR count). The predicted octanol–water partition coefficient (Wildman–Crippen LogP) is 5.67. The number of methoxy groups -OCH3 is 1. The number of nitrogens with zero attached hydrogens (tertiary/aromatic N) is 2. The molecule has 4 nitrogen and oxygen atoms in total. The first kappa shape index (κ1) is 19.6. The first-order valence-corrected chi connectivity index (χ1v) is 9.93. The van der Waals surface area contributed by atoms with Gasteiger partial charge in [0.2, 0.25) is 5.82 Å². The second kappa shape index (κ2) is 8.37. The summed E-state index contributed by atoms with van der Waals surface area (Å²) < 4.78 is 7.03. The molecule has 0 fully saturated rings. The second-order valence-electron chi connectivity index (χ2n) is 7.43. The van der Waals surface area contributed by atoms with Crippen molar-refractivity contribution in [3.63, 3.8) is 0 Å². The lowest BCUT2D eigenvalue weighted by Crippen LogP contribution is -2.13. The molecule has 4 aromatic rings. The number of ether oxygens (including phenoxy) is 1. The van der Waals surface area contributed by atoms with Gasteiger partial charge in [-0.1, -0.05) is 90.0 Å².